The molecule has 17 heavy (non-hydrogen) atoms. The largest absolute Gasteiger partial charge is 0.381 e. The molecule has 1 aromatic rings. The first-order chi connectivity index (χ1) is 7.75. The molecular weight excluding hydrogens is 284 g/mol. The van der Waals surface area contributed by atoms with Gasteiger partial charge in [-0.05, 0) is 43.9 Å². The van der Waals surface area contributed by atoms with Crippen LogP contribution in [0.1, 0.15) is 13.8 Å². The van der Waals surface area contributed by atoms with Crippen molar-refractivity contribution in [2.24, 2.45) is 7.05 Å². The molecule has 0 aliphatic carbocycles. The third-order valence-corrected chi connectivity index (χ3v) is 3.77. The first-order valence-electron chi connectivity index (χ1n) is 5.39. The summed E-state index contributed by atoms with van der Waals surface area (Å²) in [4.78, 5) is 13.8. The summed E-state index contributed by atoms with van der Waals surface area (Å²) in [7, 11) is 5.68. The van der Waals surface area contributed by atoms with Gasteiger partial charge in [0.15, 0.2) is 0 Å². The minimum atomic E-state index is -0.141. The number of hydrogen-bond donors (Lipinski definition) is 1. The quantitative estimate of drug-likeness (QED) is 0.911. The molecule has 5 nitrogen and oxygen atoms in total. The maximum atomic E-state index is 11.7. The summed E-state index contributed by atoms with van der Waals surface area (Å²) >= 11 is 3.29. The van der Waals surface area contributed by atoms with Gasteiger partial charge in [0.1, 0.15) is 4.47 Å². The molecule has 1 rings (SSSR count). The van der Waals surface area contributed by atoms with Crippen LogP contribution in [0.5, 0.6) is 0 Å². The van der Waals surface area contributed by atoms with E-state index in [1.54, 1.807) is 13.2 Å². The molecule has 0 saturated heterocycles. The Bertz CT molecular complexity index is 453. The zero-order valence-electron chi connectivity index (χ0n) is 10.9. The van der Waals surface area contributed by atoms with E-state index in [2.05, 4.69) is 45.1 Å². The van der Waals surface area contributed by atoms with E-state index < -0.39 is 0 Å². The summed E-state index contributed by atoms with van der Waals surface area (Å²) in [5.41, 5.74) is 0.584. The van der Waals surface area contributed by atoms with Crippen LogP contribution in [0, 0.1) is 0 Å². The van der Waals surface area contributed by atoms with E-state index in [0.29, 0.717) is 4.47 Å². The van der Waals surface area contributed by atoms with Crippen LogP contribution in [0.25, 0.3) is 0 Å². The zero-order chi connectivity index (χ0) is 13.2. The highest BCUT2D eigenvalue weighted by atomic mass is 79.9. The van der Waals surface area contributed by atoms with Crippen LogP contribution in [0.2, 0.25) is 0 Å². The van der Waals surface area contributed by atoms with Crippen molar-refractivity contribution in [3.05, 3.63) is 21.0 Å². The van der Waals surface area contributed by atoms with Gasteiger partial charge in [-0.15, -0.1) is 0 Å². The topological polar surface area (TPSA) is 50.2 Å². The number of rotatable bonds is 4. The van der Waals surface area contributed by atoms with E-state index in [0.717, 1.165) is 12.2 Å². The van der Waals surface area contributed by atoms with Crippen molar-refractivity contribution in [1.29, 1.82) is 0 Å². The maximum Gasteiger partial charge on any atom is 0.282 e. The normalized spacial score (nSPS) is 11.9. The average Bonchev–Trinajstić information content (AvgIpc) is 2.25. The lowest BCUT2D eigenvalue weighted by Gasteiger charge is -2.33. The van der Waals surface area contributed by atoms with Crippen molar-refractivity contribution in [3.8, 4) is 0 Å². The highest BCUT2D eigenvalue weighted by Crippen LogP contribution is 2.18. The summed E-state index contributed by atoms with van der Waals surface area (Å²) in [5, 5.41) is 7.22. The van der Waals surface area contributed by atoms with Crippen LogP contribution < -0.4 is 10.9 Å². The Morgan fingerprint density at radius 2 is 2.12 bits per heavy atom. The number of nitrogens with one attached hydrogen (secondary N) is 1. The van der Waals surface area contributed by atoms with Gasteiger partial charge in [0.05, 0.1) is 11.9 Å². The van der Waals surface area contributed by atoms with Gasteiger partial charge in [0.25, 0.3) is 5.56 Å². The van der Waals surface area contributed by atoms with Crippen LogP contribution in [0.3, 0.4) is 0 Å². The van der Waals surface area contributed by atoms with Gasteiger partial charge in [-0.25, -0.2) is 4.68 Å². The third-order valence-electron chi connectivity index (χ3n) is 3.00. The molecule has 0 radical (unpaired) electrons. The van der Waals surface area contributed by atoms with Crippen LogP contribution in [-0.2, 0) is 7.05 Å². The van der Waals surface area contributed by atoms with Gasteiger partial charge in [-0.2, -0.15) is 5.10 Å². The summed E-state index contributed by atoms with van der Waals surface area (Å²) in [6.45, 7) is 4.98. The fourth-order valence-electron chi connectivity index (χ4n) is 1.10. The molecule has 0 aromatic carbocycles. The van der Waals surface area contributed by atoms with Gasteiger partial charge < -0.3 is 10.2 Å². The van der Waals surface area contributed by atoms with Gasteiger partial charge >= 0.3 is 0 Å². The Morgan fingerprint density at radius 1 is 1.53 bits per heavy atom. The molecule has 0 unspecified atom stereocenters. The minimum absolute atomic E-state index is 0.000512. The molecule has 96 valence electrons. The van der Waals surface area contributed by atoms with E-state index >= 15 is 0 Å². The van der Waals surface area contributed by atoms with Crippen molar-refractivity contribution in [3.63, 3.8) is 0 Å². The second-order valence-electron chi connectivity index (χ2n) is 4.86. The predicted molar refractivity (Wildman–Crippen MR) is 73.4 cm³/mol. The van der Waals surface area contributed by atoms with Crippen LogP contribution in [-0.4, -0.2) is 40.9 Å². The highest BCUT2D eigenvalue weighted by Gasteiger charge is 2.20. The second kappa shape index (κ2) is 5.18. The van der Waals surface area contributed by atoms with Crippen LogP contribution in [0.15, 0.2) is 15.5 Å². The Morgan fingerprint density at radius 3 is 2.65 bits per heavy atom. The van der Waals surface area contributed by atoms with Crippen LogP contribution in [0.4, 0.5) is 5.69 Å². The highest BCUT2D eigenvalue weighted by molar-refractivity contribution is 9.10. The molecule has 0 spiro atoms. The van der Waals surface area contributed by atoms with E-state index in [1.807, 2.05) is 14.1 Å². The van der Waals surface area contributed by atoms with Gasteiger partial charge in [-0.1, -0.05) is 0 Å². The predicted octanol–water partition coefficient (Wildman–Crippen LogP) is 1.29. The standard InChI is InChI=1S/C11H19BrN4O/c1-11(2,15(3)4)7-13-8-6-14-16(5)10(17)9(8)12/h6,13H,7H2,1-5H3. The number of halogens is 1. The number of anilines is 1. The van der Waals surface area contributed by atoms with E-state index in [-0.39, 0.29) is 11.1 Å². The lowest BCUT2D eigenvalue weighted by atomic mass is 10.0. The minimum Gasteiger partial charge on any atom is -0.381 e. The average molecular weight is 303 g/mol. The fraction of sp³-hybridized carbons (Fsp3) is 0.636. The molecule has 0 saturated carbocycles. The molecule has 0 aliphatic heterocycles. The Labute approximate surface area is 110 Å². The summed E-state index contributed by atoms with van der Waals surface area (Å²) in [5.74, 6) is 0. The van der Waals surface area contributed by atoms with Gasteiger partial charge in [-0.3, -0.25) is 4.79 Å². The zero-order valence-corrected chi connectivity index (χ0v) is 12.5. The molecule has 0 bridgehead atoms. The number of likely N-dealkylation sites (N-methyl/N-ethyl adjacent to an activating group) is 1. The number of hydrogen-bond acceptors (Lipinski definition) is 4. The number of aryl methyl sites for hydroxylation is 1. The molecule has 6 heteroatoms. The lowest BCUT2D eigenvalue weighted by Crippen LogP contribution is -2.44. The van der Waals surface area contributed by atoms with Crippen molar-refractivity contribution < 1.29 is 0 Å². The third kappa shape index (κ3) is 3.29. The molecule has 1 N–H and O–H groups in total. The molecule has 0 fully saturated rings. The van der Waals surface area contributed by atoms with Crippen molar-refractivity contribution >= 4 is 21.6 Å². The summed E-state index contributed by atoms with van der Waals surface area (Å²) in [6.07, 6.45) is 1.65. The molecule has 0 atom stereocenters. The van der Waals surface area contributed by atoms with E-state index in [1.165, 1.54) is 4.68 Å². The Hall–Kier alpha value is -0.880. The van der Waals surface area contributed by atoms with E-state index in [4.69, 9.17) is 0 Å². The molecule has 1 aromatic heterocycles. The van der Waals surface area contributed by atoms with Crippen molar-refractivity contribution in [1.82, 2.24) is 14.7 Å². The number of nitrogens with zero attached hydrogens (tertiary/aromatic N) is 3. The Balaban J connectivity index is 2.85. The molecule has 0 amide bonds. The maximum absolute atomic E-state index is 11.7. The Kier molecular flexibility index (Phi) is 4.32. The molecule has 1 heterocycles. The monoisotopic (exact) mass is 302 g/mol. The second-order valence-corrected chi connectivity index (χ2v) is 5.65. The van der Waals surface area contributed by atoms with Crippen molar-refractivity contribution in [2.45, 2.75) is 19.4 Å². The molecular formula is C11H19BrN4O. The smallest absolute Gasteiger partial charge is 0.282 e. The van der Waals surface area contributed by atoms with Crippen LogP contribution >= 0.6 is 15.9 Å². The summed E-state index contributed by atoms with van der Waals surface area (Å²) in [6, 6.07) is 0. The lowest BCUT2D eigenvalue weighted by molar-refractivity contribution is 0.210. The van der Waals surface area contributed by atoms with Gasteiger partial charge in [0, 0.05) is 19.1 Å². The fourth-order valence-corrected chi connectivity index (χ4v) is 1.60. The number of aromatic nitrogens is 2. The van der Waals surface area contributed by atoms with Crippen molar-refractivity contribution in [2.75, 3.05) is 26.0 Å². The first kappa shape index (κ1) is 14.2. The first-order valence-corrected chi connectivity index (χ1v) is 6.18. The molecule has 0 aliphatic rings. The van der Waals surface area contributed by atoms with E-state index in [9.17, 15) is 4.79 Å². The summed E-state index contributed by atoms with van der Waals surface area (Å²) < 4.78 is 1.82. The van der Waals surface area contributed by atoms with Gasteiger partial charge in [0.2, 0.25) is 0 Å². The SMILES string of the molecule is CN(C)C(C)(C)CNc1cnn(C)c(=O)c1Br.